The smallest absolute Gasteiger partial charge is 0.270 e. The second kappa shape index (κ2) is 7.28. The van der Waals surface area contributed by atoms with Crippen molar-refractivity contribution in [3.63, 3.8) is 0 Å². The van der Waals surface area contributed by atoms with Gasteiger partial charge >= 0.3 is 0 Å². The minimum Gasteiger partial charge on any atom is -0.364 e. The largest absolute Gasteiger partial charge is 0.364 e. The molecule has 0 saturated carbocycles. The molecular weight excluding hydrogens is 324 g/mol. The number of carbonyl (C=O) groups is 1. The zero-order valence-corrected chi connectivity index (χ0v) is 15.1. The summed E-state index contributed by atoms with van der Waals surface area (Å²) in [6, 6.07) is 10.0. The molecule has 0 saturated heterocycles. The molecule has 1 unspecified atom stereocenters. The average Bonchev–Trinajstić information content (AvgIpc) is 2.70. The van der Waals surface area contributed by atoms with Crippen molar-refractivity contribution in [3.8, 4) is 11.4 Å². The summed E-state index contributed by atoms with van der Waals surface area (Å²) < 4.78 is 0. The third-order valence-corrected chi connectivity index (χ3v) is 5.15. The number of nitrogens with one attached hydrogen (secondary N) is 2. The zero-order chi connectivity index (χ0) is 17.9. The molecule has 1 aliphatic carbocycles. The molecule has 26 heavy (non-hydrogen) atoms. The highest BCUT2D eigenvalue weighted by atomic mass is 16.1. The van der Waals surface area contributed by atoms with Crippen LogP contribution < -0.4 is 10.6 Å². The van der Waals surface area contributed by atoms with Gasteiger partial charge in [0.2, 0.25) is 0 Å². The number of hydrogen-bond donors (Lipinski definition) is 2. The molecule has 0 bridgehead atoms. The fourth-order valence-electron chi connectivity index (χ4n) is 3.68. The molecule has 5 nitrogen and oxygen atoms in total. The first-order chi connectivity index (χ1) is 12.7. The Kier molecular flexibility index (Phi) is 4.69. The van der Waals surface area contributed by atoms with Crippen molar-refractivity contribution < 1.29 is 4.79 Å². The Morgan fingerprint density at radius 3 is 2.73 bits per heavy atom. The minimum absolute atomic E-state index is 0.113. The third kappa shape index (κ3) is 3.34. The molecule has 134 valence electrons. The van der Waals surface area contributed by atoms with Crippen molar-refractivity contribution in [1.82, 2.24) is 15.3 Å². The highest BCUT2D eigenvalue weighted by molar-refractivity contribution is 5.96. The number of carbonyl (C=O) groups excluding carboxylic acids is 1. The number of nitrogens with zero attached hydrogens (tertiary/aromatic N) is 2. The fourth-order valence-corrected chi connectivity index (χ4v) is 3.68. The van der Waals surface area contributed by atoms with Crippen molar-refractivity contribution in [2.24, 2.45) is 0 Å². The molecule has 2 N–H and O–H groups in total. The Bertz CT molecular complexity index is 845. The predicted molar refractivity (Wildman–Crippen MR) is 103 cm³/mol. The van der Waals surface area contributed by atoms with Crippen LogP contribution in [0, 0.1) is 0 Å². The Labute approximate surface area is 154 Å². The lowest BCUT2D eigenvalue weighted by Crippen LogP contribution is -2.34. The quantitative estimate of drug-likeness (QED) is 0.826. The molecule has 2 aliphatic rings. The molecule has 2 aromatic rings. The summed E-state index contributed by atoms with van der Waals surface area (Å²) in [5.74, 6) is 1.27. The highest BCUT2D eigenvalue weighted by Crippen LogP contribution is 2.28. The van der Waals surface area contributed by atoms with Crippen LogP contribution in [0.25, 0.3) is 11.4 Å². The van der Waals surface area contributed by atoms with E-state index in [2.05, 4.69) is 28.6 Å². The molecule has 0 radical (unpaired) electrons. The third-order valence-electron chi connectivity index (χ3n) is 5.15. The number of allylic oxidation sites excluding steroid dienone is 1. The molecule has 1 aromatic heterocycles. The molecule has 0 spiro atoms. The van der Waals surface area contributed by atoms with Crippen LogP contribution in [0.4, 0.5) is 5.82 Å². The first kappa shape index (κ1) is 16.8. The number of aromatic nitrogens is 2. The molecule has 1 atom stereocenters. The maximum Gasteiger partial charge on any atom is 0.270 e. The summed E-state index contributed by atoms with van der Waals surface area (Å²) in [5.41, 5.74) is 3.78. The van der Waals surface area contributed by atoms with Crippen LogP contribution in [0.3, 0.4) is 0 Å². The Morgan fingerprint density at radius 2 is 1.96 bits per heavy atom. The molecule has 1 aliphatic heterocycles. The zero-order valence-electron chi connectivity index (χ0n) is 15.1. The van der Waals surface area contributed by atoms with E-state index < -0.39 is 0 Å². The Morgan fingerprint density at radius 1 is 1.12 bits per heavy atom. The Hall–Kier alpha value is -2.69. The van der Waals surface area contributed by atoms with Gasteiger partial charge in [-0.15, -0.1) is 0 Å². The maximum absolute atomic E-state index is 12.4. The van der Waals surface area contributed by atoms with Gasteiger partial charge < -0.3 is 10.6 Å². The van der Waals surface area contributed by atoms with Gasteiger partial charge in [0.1, 0.15) is 11.5 Å². The van der Waals surface area contributed by atoms with E-state index in [1.807, 2.05) is 30.3 Å². The van der Waals surface area contributed by atoms with Crippen LogP contribution in [0.15, 0.2) is 42.0 Å². The van der Waals surface area contributed by atoms with Gasteiger partial charge in [0.25, 0.3) is 5.91 Å². The number of hydrogen-bond acceptors (Lipinski definition) is 4. The van der Waals surface area contributed by atoms with E-state index in [9.17, 15) is 4.79 Å². The number of rotatable bonds is 4. The van der Waals surface area contributed by atoms with E-state index in [-0.39, 0.29) is 11.9 Å². The van der Waals surface area contributed by atoms with Crippen LogP contribution in [0.1, 0.15) is 48.7 Å². The lowest BCUT2D eigenvalue weighted by Gasteiger charge is -2.25. The van der Waals surface area contributed by atoms with Gasteiger partial charge in [-0.1, -0.05) is 42.0 Å². The second-order valence-electron chi connectivity index (χ2n) is 6.99. The highest BCUT2D eigenvalue weighted by Gasteiger charge is 2.25. The van der Waals surface area contributed by atoms with Crippen LogP contribution >= 0.6 is 0 Å². The summed E-state index contributed by atoms with van der Waals surface area (Å²) in [5, 5.41) is 6.46. The summed E-state index contributed by atoms with van der Waals surface area (Å²) in [7, 11) is 0. The van der Waals surface area contributed by atoms with E-state index >= 15 is 0 Å². The van der Waals surface area contributed by atoms with Gasteiger partial charge in [0.15, 0.2) is 5.82 Å². The van der Waals surface area contributed by atoms with Crippen LogP contribution in [0.2, 0.25) is 0 Å². The first-order valence-electron chi connectivity index (χ1n) is 9.42. The molecule has 1 aromatic carbocycles. The normalized spacial score (nSPS) is 17.7. The summed E-state index contributed by atoms with van der Waals surface area (Å²) in [6.07, 6.45) is 7.91. The fraction of sp³-hybridized carbons (Fsp3) is 0.381. The van der Waals surface area contributed by atoms with E-state index in [1.54, 1.807) is 0 Å². The van der Waals surface area contributed by atoms with Crippen molar-refractivity contribution in [1.29, 1.82) is 0 Å². The van der Waals surface area contributed by atoms with Gasteiger partial charge in [0, 0.05) is 23.7 Å². The molecule has 1 amide bonds. The van der Waals surface area contributed by atoms with Gasteiger partial charge in [-0.3, -0.25) is 4.79 Å². The van der Waals surface area contributed by atoms with E-state index in [0.717, 1.165) is 36.2 Å². The maximum atomic E-state index is 12.4. The van der Waals surface area contributed by atoms with E-state index in [1.165, 1.54) is 18.4 Å². The summed E-state index contributed by atoms with van der Waals surface area (Å²) >= 11 is 0. The van der Waals surface area contributed by atoms with Gasteiger partial charge in [-0.2, -0.15) is 0 Å². The predicted octanol–water partition coefficient (Wildman–Crippen LogP) is 3.73. The number of fused-ring (bicyclic) bond motifs is 1. The van der Waals surface area contributed by atoms with Gasteiger partial charge in [-0.05, 0) is 39.0 Å². The lowest BCUT2D eigenvalue weighted by molar-refractivity contribution is 0.0940. The second-order valence-corrected chi connectivity index (χ2v) is 6.99. The van der Waals surface area contributed by atoms with Crippen molar-refractivity contribution in [2.75, 3.05) is 11.9 Å². The Balaban J connectivity index is 1.73. The van der Waals surface area contributed by atoms with Gasteiger partial charge in [-0.25, -0.2) is 9.97 Å². The van der Waals surface area contributed by atoms with Crippen LogP contribution in [0.5, 0.6) is 0 Å². The monoisotopic (exact) mass is 348 g/mol. The summed E-state index contributed by atoms with van der Waals surface area (Å²) in [6.45, 7) is 2.81. The first-order valence-corrected chi connectivity index (χ1v) is 9.42. The molecule has 0 fully saturated rings. The topological polar surface area (TPSA) is 66.9 Å². The molecule has 5 heteroatoms. The SMILES string of the molecule is CC(Nc1nc(-c2ccccc2)nc2c1CCNC2=O)C1=CCCCC1. The van der Waals surface area contributed by atoms with Crippen molar-refractivity contribution in [2.45, 2.75) is 45.1 Å². The summed E-state index contributed by atoms with van der Waals surface area (Å²) in [4.78, 5) is 21.7. The van der Waals surface area contributed by atoms with Crippen molar-refractivity contribution >= 4 is 11.7 Å². The average molecular weight is 348 g/mol. The van der Waals surface area contributed by atoms with Crippen LogP contribution in [-0.2, 0) is 6.42 Å². The molecule has 2 heterocycles. The lowest BCUT2D eigenvalue weighted by atomic mass is 9.94. The van der Waals surface area contributed by atoms with E-state index in [4.69, 9.17) is 4.98 Å². The van der Waals surface area contributed by atoms with Crippen LogP contribution in [-0.4, -0.2) is 28.5 Å². The number of anilines is 1. The number of amides is 1. The minimum atomic E-state index is -0.113. The standard InChI is InChI=1S/C21H24N4O/c1-14(15-8-4-2-5-9-15)23-20-17-12-13-22-21(26)18(17)24-19(25-20)16-10-6-3-7-11-16/h3,6-8,10-11,14H,2,4-5,9,12-13H2,1H3,(H,22,26)(H,23,24,25). The van der Waals surface area contributed by atoms with Gasteiger partial charge in [0.05, 0.1) is 0 Å². The van der Waals surface area contributed by atoms with E-state index in [0.29, 0.717) is 18.1 Å². The van der Waals surface area contributed by atoms with Crippen molar-refractivity contribution in [3.05, 3.63) is 53.2 Å². The molecular formula is C21H24N4O. The number of benzene rings is 1. The molecule has 4 rings (SSSR count).